The summed E-state index contributed by atoms with van der Waals surface area (Å²) in [5, 5.41) is 8.34. The van der Waals surface area contributed by atoms with Crippen molar-refractivity contribution in [1.29, 1.82) is 5.26 Å². The molecule has 0 aliphatic heterocycles. The van der Waals surface area contributed by atoms with Crippen LogP contribution in [0.4, 0.5) is 0 Å². The summed E-state index contributed by atoms with van der Waals surface area (Å²) in [7, 11) is 0. The fraction of sp³-hybridized carbons (Fsp3) is 0.625. The fourth-order valence-corrected chi connectivity index (χ4v) is 0.446. The second kappa shape index (κ2) is 6.31. The van der Waals surface area contributed by atoms with E-state index in [1.54, 1.807) is 0 Å². The zero-order valence-corrected chi connectivity index (χ0v) is 6.50. The Balaban J connectivity index is 3.13. The topological polar surface area (TPSA) is 33.0 Å². The lowest BCUT2D eigenvalue weighted by Gasteiger charge is -2.00. The molecule has 0 radical (unpaired) electrons. The van der Waals surface area contributed by atoms with Crippen LogP contribution in [-0.2, 0) is 4.74 Å². The molecule has 0 aromatic carbocycles. The SMILES string of the molecule is CC=CCOCC(C)C#N. The van der Waals surface area contributed by atoms with Gasteiger partial charge in [-0.25, -0.2) is 0 Å². The van der Waals surface area contributed by atoms with Crippen molar-refractivity contribution in [3.8, 4) is 6.07 Å². The average molecular weight is 139 g/mol. The van der Waals surface area contributed by atoms with Gasteiger partial charge in [0.05, 0.1) is 25.2 Å². The van der Waals surface area contributed by atoms with Crippen LogP contribution in [0.5, 0.6) is 0 Å². The molecule has 56 valence electrons. The highest BCUT2D eigenvalue weighted by atomic mass is 16.5. The first-order valence-electron chi connectivity index (χ1n) is 3.39. The van der Waals surface area contributed by atoms with E-state index in [0.29, 0.717) is 13.2 Å². The van der Waals surface area contributed by atoms with Gasteiger partial charge in [0, 0.05) is 0 Å². The monoisotopic (exact) mass is 139 g/mol. The number of allylic oxidation sites excluding steroid dienone is 1. The minimum absolute atomic E-state index is 0.00487. The van der Waals surface area contributed by atoms with E-state index in [4.69, 9.17) is 10.00 Å². The van der Waals surface area contributed by atoms with Gasteiger partial charge < -0.3 is 4.74 Å². The van der Waals surface area contributed by atoms with Crippen molar-refractivity contribution >= 4 is 0 Å². The lowest BCUT2D eigenvalue weighted by atomic mass is 10.2. The lowest BCUT2D eigenvalue weighted by Crippen LogP contribution is -2.02. The summed E-state index contributed by atoms with van der Waals surface area (Å²) in [6, 6.07) is 2.09. The summed E-state index contributed by atoms with van der Waals surface area (Å²) < 4.78 is 5.12. The van der Waals surface area contributed by atoms with Gasteiger partial charge in [-0.1, -0.05) is 12.2 Å². The van der Waals surface area contributed by atoms with Crippen molar-refractivity contribution in [3.05, 3.63) is 12.2 Å². The molecule has 0 aliphatic rings. The van der Waals surface area contributed by atoms with Crippen LogP contribution in [0.15, 0.2) is 12.2 Å². The molecule has 0 amide bonds. The number of nitrogens with zero attached hydrogens (tertiary/aromatic N) is 1. The van der Waals surface area contributed by atoms with E-state index in [1.165, 1.54) is 0 Å². The van der Waals surface area contributed by atoms with Crippen LogP contribution in [0.25, 0.3) is 0 Å². The molecule has 0 aliphatic carbocycles. The quantitative estimate of drug-likeness (QED) is 0.439. The van der Waals surface area contributed by atoms with Crippen LogP contribution in [-0.4, -0.2) is 13.2 Å². The number of hydrogen-bond acceptors (Lipinski definition) is 2. The number of ether oxygens (including phenoxy) is 1. The Morgan fingerprint density at radius 2 is 2.40 bits per heavy atom. The summed E-state index contributed by atoms with van der Waals surface area (Å²) in [6.07, 6.45) is 3.85. The van der Waals surface area contributed by atoms with Gasteiger partial charge in [-0.3, -0.25) is 0 Å². The molecule has 0 aromatic heterocycles. The summed E-state index contributed by atoms with van der Waals surface area (Å²) in [6.45, 7) is 4.93. The van der Waals surface area contributed by atoms with E-state index in [2.05, 4.69) is 6.07 Å². The van der Waals surface area contributed by atoms with Crippen molar-refractivity contribution in [2.45, 2.75) is 13.8 Å². The van der Waals surface area contributed by atoms with Crippen molar-refractivity contribution in [2.75, 3.05) is 13.2 Å². The average Bonchev–Trinajstić information content (AvgIpc) is 1.98. The highest BCUT2D eigenvalue weighted by Gasteiger charge is 1.95. The molecule has 0 saturated heterocycles. The zero-order valence-electron chi connectivity index (χ0n) is 6.50. The van der Waals surface area contributed by atoms with Crippen molar-refractivity contribution < 1.29 is 4.74 Å². The van der Waals surface area contributed by atoms with Gasteiger partial charge in [0.15, 0.2) is 0 Å². The smallest absolute Gasteiger partial charge is 0.0677 e. The summed E-state index contributed by atoms with van der Waals surface area (Å²) in [5.41, 5.74) is 0. The minimum Gasteiger partial charge on any atom is -0.376 e. The lowest BCUT2D eigenvalue weighted by molar-refractivity contribution is 0.144. The number of rotatable bonds is 4. The van der Waals surface area contributed by atoms with E-state index in [-0.39, 0.29) is 5.92 Å². The Morgan fingerprint density at radius 3 is 2.90 bits per heavy atom. The highest BCUT2D eigenvalue weighted by molar-refractivity contribution is 4.79. The van der Waals surface area contributed by atoms with Gasteiger partial charge in [-0.2, -0.15) is 5.26 Å². The Hall–Kier alpha value is -0.810. The van der Waals surface area contributed by atoms with E-state index >= 15 is 0 Å². The van der Waals surface area contributed by atoms with Crippen LogP contribution >= 0.6 is 0 Å². The molecule has 2 nitrogen and oxygen atoms in total. The molecule has 0 bridgehead atoms. The first-order valence-corrected chi connectivity index (χ1v) is 3.39. The highest BCUT2D eigenvalue weighted by Crippen LogP contribution is 1.91. The Labute approximate surface area is 62.1 Å². The second-order valence-corrected chi connectivity index (χ2v) is 2.14. The maximum Gasteiger partial charge on any atom is 0.0677 e. The summed E-state index contributed by atoms with van der Waals surface area (Å²) in [5.74, 6) is 0.00487. The Bertz CT molecular complexity index is 135. The van der Waals surface area contributed by atoms with Crippen molar-refractivity contribution in [3.63, 3.8) is 0 Å². The molecular formula is C8H13NO. The molecule has 0 spiro atoms. The minimum atomic E-state index is 0.00487. The number of nitriles is 1. The molecule has 0 saturated carbocycles. The van der Waals surface area contributed by atoms with Gasteiger partial charge in [-0.05, 0) is 13.8 Å². The molecule has 0 fully saturated rings. The first kappa shape index (κ1) is 9.19. The van der Waals surface area contributed by atoms with Gasteiger partial charge in [0.1, 0.15) is 0 Å². The Kier molecular flexibility index (Phi) is 5.80. The van der Waals surface area contributed by atoms with Crippen LogP contribution in [0.3, 0.4) is 0 Å². The standard InChI is InChI=1S/C8H13NO/c1-3-4-5-10-7-8(2)6-9/h3-4,8H,5,7H2,1-2H3. The van der Waals surface area contributed by atoms with E-state index in [1.807, 2.05) is 26.0 Å². The maximum absolute atomic E-state index is 8.34. The van der Waals surface area contributed by atoms with Crippen molar-refractivity contribution in [1.82, 2.24) is 0 Å². The maximum atomic E-state index is 8.34. The van der Waals surface area contributed by atoms with Crippen LogP contribution in [0, 0.1) is 17.2 Å². The molecular weight excluding hydrogens is 126 g/mol. The van der Waals surface area contributed by atoms with E-state index in [0.717, 1.165) is 0 Å². The van der Waals surface area contributed by atoms with E-state index in [9.17, 15) is 0 Å². The van der Waals surface area contributed by atoms with Crippen LogP contribution in [0.2, 0.25) is 0 Å². The molecule has 1 unspecified atom stereocenters. The van der Waals surface area contributed by atoms with Gasteiger partial charge in [-0.15, -0.1) is 0 Å². The molecule has 2 heteroatoms. The third-order valence-corrected chi connectivity index (χ3v) is 1.04. The molecule has 0 rings (SSSR count). The first-order chi connectivity index (χ1) is 4.81. The predicted octanol–water partition coefficient (Wildman–Crippen LogP) is 1.74. The zero-order chi connectivity index (χ0) is 7.82. The fourth-order valence-electron chi connectivity index (χ4n) is 0.446. The third kappa shape index (κ3) is 5.33. The van der Waals surface area contributed by atoms with Gasteiger partial charge in [0.2, 0.25) is 0 Å². The van der Waals surface area contributed by atoms with Gasteiger partial charge in [0.25, 0.3) is 0 Å². The van der Waals surface area contributed by atoms with Gasteiger partial charge >= 0.3 is 0 Å². The summed E-state index contributed by atoms with van der Waals surface area (Å²) in [4.78, 5) is 0. The van der Waals surface area contributed by atoms with E-state index < -0.39 is 0 Å². The predicted molar refractivity (Wildman–Crippen MR) is 40.4 cm³/mol. The molecule has 0 aromatic rings. The van der Waals surface area contributed by atoms with Crippen LogP contribution in [0.1, 0.15) is 13.8 Å². The van der Waals surface area contributed by atoms with Crippen molar-refractivity contribution in [2.24, 2.45) is 5.92 Å². The Morgan fingerprint density at radius 1 is 1.70 bits per heavy atom. The molecule has 1 atom stereocenters. The second-order valence-electron chi connectivity index (χ2n) is 2.14. The normalized spacial score (nSPS) is 13.3. The van der Waals surface area contributed by atoms with Crippen LogP contribution < -0.4 is 0 Å². The largest absolute Gasteiger partial charge is 0.376 e. The molecule has 0 N–H and O–H groups in total. The number of hydrogen-bond donors (Lipinski definition) is 0. The molecule has 10 heavy (non-hydrogen) atoms. The summed E-state index contributed by atoms with van der Waals surface area (Å²) >= 11 is 0. The third-order valence-electron chi connectivity index (χ3n) is 1.04. The molecule has 0 heterocycles.